The lowest BCUT2D eigenvalue weighted by atomic mass is 10.3. The quantitative estimate of drug-likeness (QED) is 0.549. The predicted octanol–water partition coefficient (Wildman–Crippen LogP) is 4.33. The van der Waals surface area contributed by atoms with E-state index in [1.54, 1.807) is 21.6 Å². The lowest BCUT2D eigenvalue weighted by molar-refractivity contribution is 0.0693. The second-order valence-corrected chi connectivity index (χ2v) is 10.7. The molecule has 0 saturated carbocycles. The number of nitrogens with zero attached hydrogens (tertiary/aromatic N) is 3. The van der Waals surface area contributed by atoms with Gasteiger partial charge in [-0.2, -0.15) is 15.6 Å². The van der Waals surface area contributed by atoms with Gasteiger partial charge in [-0.25, -0.2) is 13.4 Å². The highest BCUT2D eigenvalue weighted by Crippen LogP contribution is 2.29. The highest BCUT2D eigenvalue weighted by Gasteiger charge is 2.32. The summed E-state index contributed by atoms with van der Waals surface area (Å²) in [5.41, 5.74) is 1.37. The zero-order valence-electron chi connectivity index (χ0n) is 14.9. The van der Waals surface area contributed by atoms with Crippen LogP contribution >= 0.6 is 45.9 Å². The molecular weight excluding hydrogens is 473 g/mol. The lowest BCUT2D eigenvalue weighted by Gasteiger charge is -2.33. The molecule has 0 radical (unpaired) electrons. The molecule has 0 bridgehead atoms. The molecule has 1 aliphatic rings. The number of benzene rings is 1. The number of hydrogen-bond donors (Lipinski definition) is 0. The summed E-state index contributed by atoms with van der Waals surface area (Å²) in [7, 11) is -3.79. The predicted molar refractivity (Wildman–Crippen MR) is 117 cm³/mol. The molecule has 1 aliphatic heterocycles. The summed E-state index contributed by atoms with van der Waals surface area (Å²) in [6, 6.07) is 6.31. The molecule has 1 saturated heterocycles. The van der Waals surface area contributed by atoms with E-state index in [1.165, 1.54) is 33.8 Å². The summed E-state index contributed by atoms with van der Waals surface area (Å²) in [6.45, 7) is 0.917. The SMILES string of the molecule is O=C(c1csc(-c2ccsc2)n1)N1CCN(S(=O)(=O)c2cc(Cl)ccc2Cl)CC1. The Balaban J connectivity index is 1.45. The molecule has 3 aromatic rings. The molecule has 3 heterocycles. The maximum Gasteiger partial charge on any atom is 0.273 e. The fraction of sp³-hybridized carbons (Fsp3) is 0.222. The van der Waals surface area contributed by atoms with Gasteiger partial charge in [0.15, 0.2) is 0 Å². The molecule has 0 spiro atoms. The Hall–Kier alpha value is -1.49. The number of thiophene rings is 1. The number of hydrogen-bond acceptors (Lipinski definition) is 6. The molecule has 2 aromatic heterocycles. The minimum absolute atomic E-state index is 0.0219. The van der Waals surface area contributed by atoms with Crippen LogP contribution in [0.25, 0.3) is 10.6 Å². The molecule has 152 valence electrons. The zero-order chi connectivity index (χ0) is 20.6. The average Bonchev–Trinajstić information content (AvgIpc) is 3.41. The fourth-order valence-corrected chi connectivity index (χ4v) is 6.66. The number of halogens is 2. The molecule has 0 aliphatic carbocycles. The largest absolute Gasteiger partial charge is 0.335 e. The molecule has 0 atom stereocenters. The van der Waals surface area contributed by atoms with E-state index < -0.39 is 10.0 Å². The topological polar surface area (TPSA) is 70.6 Å². The van der Waals surface area contributed by atoms with Crippen LogP contribution in [0.5, 0.6) is 0 Å². The third-order valence-corrected chi connectivity index (χ3v) is 8.72. The fourth-order valence-electron chi connectivity index (χ4n) is 3.00. The van der Waals surface area contributed by atoms with Gasteiger partial charge in [0, 0.05) is 47.5 Å². The molecule has 4 rings (SSSR count). The minimum atomic E-state index is -3.79. The normalized spacial score (nSPS) is 15.6. The molecule has 1 aromatic carbocycles. The van der Waals surface area contributed by atoms with Crippen LogP contribution in [-0.2, 0) is 10.0 Å². The monoisotopic (exact) mass is 487 g/mol. The molecule has 11 heteroatoms. The first-order valence-electron chi connectivity index (χ1n) is 8.59. The number of rotatable bonds is 4. The van der Waals surface area contributed by atoms with Gasteiger partial charge in [0.2, 0.25) is 10.0 Å². The van der Waals surface area contributed by atoms with Crippen LogP contribution in [0.3, 0.4) is 0 Å². The number of piperazine rings is 1. The van der Waals surface area contributed by atoms with Crippen LogP contribution in [0, 0.1) is 0 Å². The number of sulfonamides is 1. The van der Waals surface area contributed by atoms with Gasteiger partial charge in [-0.1, -0.05) is 23.2 Å². The first kappa shape index (κ1) is 20.8. The number of carbonyl (C=O) groups is 1. The van der Waals surface area contributed by atoms with E-state index in [4.69, 9.17) is 23.2 Å². The van der Waals surface area contributed by atoms with Crippen LogP contribution in [-0.4, -0.2) is 54.7 Å². The summed E-state index contributed by atoms with van der Waals surface area (Å²) in [5.74, 6) is -0.194. The molecule has 0 unspecified atom stereocenters. The van der Waals surface area contributed by atoms with E-state index in [2.05, 4.69) is 4.98 Å². The lowest BCUT2D eigenvalue weighted by Crippen LogP contribution is -2.50. The van der Waals surface area contributed by atoms with Crippen molar-refractivity contribution in [2.24, 2.45) is 0 Å². The molecule has 0 N–H and O–H groups in total. The van der Waals surface area contributed by atoms with E-state index in [9.17, 15) is 13.2 Å². The van der Waals surface area contributed by atoms with E-state index in [-0.39, 0.29) is 42.0 Å². The van der Waals surface area contributed by atoms with Crippen molar-refractivity contribution in [3.63, 3.8) is 0 Å². The van der Waals surface area contributed by atoms with Crippen molar-refractivity contribution in [2.75, 3.05) is 26.2 Å². The maximum atomic E-state index is 12.9. The second kappa shape index (κ2) is 8.33. The Labute approximate surface area is 186 Å². The van der Waals surface area contributed by atoms with Gasteiger partial charge < -0.3 is 4.90 Å². The molecule has 1 fully saturated rings. The Bertz CT molecular complexity index is 1140. The highest BCUT2D eigenvalue weighted by atomic mass is 35.5. The van der Waals surface area contributed by atoms with Gasteiger partial charge in [0.1, 0.15) is 15.6 Å². The Morgan fingerprint density at radius 3 is 2.52 bits per heavy atom. The summed E-state index contributed by atoms with van der Waals surface area (Å²) >= 11 is 15.0. The van der Waals surface area contributed by atoms with Crippen molar-refractivity contribution in [3.05, 3.63) is 56.1 Å². The smallest absolute Gasteiger partial charge is 0.273 e. The van der Waals surface area contributed by atoms with E-state index in [1.807, 2.05) is 16.8 Å². The standard InChI is InChI=1S/C18H15Cl2N3O3S3/c19-13-1-2-14(20)16(9-13)29(25,26)23-6-4-22(5-7-23)18(24)15-11-28-17(21-15)12-3-8-27-10-12/h1-3,8-11H,4-7H2. The van der Waals surface area contributed by atoms with Crippen molar-refractivity contribution in [3.8, 4) is 10.6 Å². The van der Waals surface area contributed by atoms with Crippen molar-refractivity contribution >= 4 is 61.8 Å². The van der Waals surface area contributed by atoms with Crippen molar-refractivity contribution in [1.29, 1.82) is 0 Å². The summed E-state index contributed by atoms with van der Waals surface area (Å²) in [6.07, 6.45) is 0. The zero-order valence-corrected chi connectivity index (χ0v) is 18.9. The maximum absolute atomic E-state index is 12.9. The van der Waals surface area contributed by atoms with Crippen molar-refractivity contribution in [1.82, 2.24) is 14.2 Å². The van der Waals surface area contributed by atoms with Crippen LogP contribution < -0.4 is 0 Å². The third-order valence-electron chi connectivity index (χ3n) is 4.53. The Morgan fingerprint density at radius 2 is 1.83 bits per heavy atom. The van der Waals surface area contributed by atoms with Crippen LogP contribution in [0.1, 0.15) is 10.5 Å². The van der Waals surface area contributed by atoms with Crippen molar-refractivity contribution in [2.45, 2.75) is 4.90 Å². The number of aromatic nitrogens is 1. The van der Waals surface area contributed by atoms with Crippen LogP contribution in [0.2, 0.25) is 10.0 Å². The minimum Gasteiger partial charge on any atom is -0.335 e. The number of carbonyl (C=O) groups excluding carboxylic acids is 1. The highest BCUT2D eigenvalue weighted by molar-refractivity contribution is 7.89. The van der Waals surface area contributed by atoms with Gasteiger partial charge in [0.25, 0.3) is 5.91 Å². The Kier molecular flexibility index (Phi) is 5.97. The number of amides is 1. The summed E-state index contributed by atoms with van der Waals surface area (Å²) < 4.78 is 27.1. The number of thiazole rings is 1. The van der Waals surface area contributed by atoms with Gasteiger partial charge in [-0.3, -0.25) is 4.79 Å². The summed E-state index contributed by atoms with van der Waals surface area (Å²) in [4.78, 5) is 18.8. The third kappa shape index (κ3) is 4.21. The van der Waals surface area contributed by atoms with E-state index >= 15 is 0 Å². The average molecular weight is 488 g/mol. The van der Waals surface area contributed by atoms with Gasteiger partial charge in [0.05, 0.1) is 5.02 Å². The second-order valence-electron chi connectivity index (χ2n) is 6.32. The van der Waals surface area contributed by atoms with E-state index in [0.29, 0.717) is 10.7 Å². The van der Waals surface area contributed by atoms with Gasteiger partial charge in [-0.05, 0) is 29.6 Å². The molecular formula is C18H15Cl2N3O3S3. The first-order valence-corrected chi connectivity index (χ1v) is 12.6. The molecule has 29 heavy (non-hydrogen) atoms. The Morgan fingerprint density at radius 1 is 1.07 bits per heavy atom. The van der Waals surface area contributed by atoms with Gasteiger partial charge >= 0.3 is 0 Å². The van der Waals surface area contributed by atoms with Gasteiger partial charge in [-0.15, -0.1) is 11.3 Å². The molecule has 1 amide bonds. The van der Waals surface area contributed by atoms with Crippen LogP contribution in [0.4, 0.5) is 0 Å². The van der Waals surface area contributed by atoms with Crippen molar-refractivity contribution < 1.29 is 13.2 Å². The van der Waals surface area contributed by atoms with E-state index in [0.717, 1.165) is 10.6 Å². The van der Waals surface area contributed by atoms with Crippen LogP contribution in [0.15, 0.2) is 45.3 Å². The first-order chi connectivity index (χ1) is 13.9. The molecule has 6 nitrogen and oxygen atoms in total. The summed E-state index contributed by atoms with van der Waals surface area (Å²) in [5, 5.41) is 6.90.